The zero-order valence-electron chi connectivity index (χ0n) is 21.9. The van der Waals surface area contributed by atoms with Gasteiger partial charge in [0.25, 0.3) is 5.91 Å². The zero-order valence-corrected chi connectivity index (χ0v) is 24.9. The van der Waals surface area contributed by atoms with Crippen LogP contribution in [0.25, 0.3) is 6.08 Å². The summed E-state index contributed by atoms with van der Waals surface area (Å²) in [5.41, 5.74) is 2.84. The van der Waals surface area contributed by atoms with Crippen LogP contribution in [0.5, 0.6) is 23.0 Å². The molecule has 0 aromatic heterocycles. The van der Waals surface area contributed by atoms with Gasteiger partial charge in [0.15, 0.2) is 28.8 Å². The van der Waals surface area contributed by atoms with E-state index in [0.717, 1.165) is 14.7 Å². The van der Waals surface area contributed by atoms with E-state index in [4.69, 9.17) is 24.4 Å². The van der Waals surface area contributed by atoms with Gasteiger partial charge in [0.1, 0.15) is 18.3 Å². The molecule has 0 saturated carbocycles. The highest BCUT2D eigenvalue weighted by Crippen LogP contribution is 2.36. The highest BCUT2D eigenvalue weighted by atomic mass is 127. The topological polar surface area (TPSA) is 106 Å². The van der Waals surface area contributed by atoms with Gasteiger partial charge in [0.05, 0.1) is 23.4 Å². The van der Waals surface area contributed by atoms with Crippen LogP contribution in [0.2, 0.25) is 0 Å². The maximum absolute atomic E-state index is 12.9. The standard InChI is InChI=1S/C29H25IN4O5S/c1-17-8-10-19(11-9-17)28-33-34-26(31)20(27(35)32-29(34)40-28)14-18-15-21(30)25(24(16-18)37-3)39-13-12-38-23-7-5-4-6-22(23)36-2/h4-11,14-16,31H,12-13H2,1-3H3/b20-14-,31-26?. The fourth-order valence-electron chi connectivity index (χ4n) is 3.97. The molecule has 2 aliphatic rings. The smallest absolute Gasteiger partial charge is 0.283 e. The number of aliphatic imine (C=N–C) groups is 1. The van der Waals surface area contributed by atoms with E-state index >= 15 is 0 Å². The van der Waals surface area contributed by atoms with E-state index in [-0.39, 0.29) is 18.0 Å². The number of nitrogens with zero attached hydrogens (tertiary/aromatic N) is 3. The number of para-hydroxylation sites is 2. The monoisotopic (exact) mass is 668 g/mol. The van der Waals surface area contributed by atoms with E-state index in [1.165, 1.54) is 16.8 Å². The molecular formula is C29H25IN4O5S. The number of hydrogen-bond donors (Lipinski definition) is 1. The van der Waals surface area contributed by atoms with Crippen LogP contribution >= 0.6 is 34.4 Å². The van der Waals surface area contributed by atoms with Crippen LogP contribution in [-0.2, 0) is 4.79 Å². The second-order valence-corrected chi connectivity index (χ2v) is 10.8. The minimum absolute atomic E-state index is 0.0348. The third-order valence-corrected chi connectivity index (χ3v) is 7.73. The van der Waals surface area contributed by atoms with Crippen molar-refractivity contribution in [3.05, 3.63) is 86.5 Å². The Morgan fingerprint density at radius 1 is 0.975 bits per heavy atom. The summed E-state index contributed by atoms with van der Waals surface area (Å²) in [6.07, 6.45) is 1.62. The Morgan fingerprint density at radius 3 is 2.40 bits per heavy atom. The molecule has 204 valence electrons. The number of hydrogen-bond acceptors (Lipinski definition) is 8. The molecule has 3 aromatic carbocycles. The van der Waals surface area contributed by atoms with Gasteiger partial charge in [0, 0.05) is 5.56 Å². The molecule has 5 rings (SSSR count). The minimum atomic E-state index is -0.494. The van der Waals surface area contributed by atoms with Gasteiger partial charge < -0.3 is 18.9 Å². The van der Waals surface area contributed by atoms with Crippen molar-refractivity contribution >= 4 is 62.4 Å². The summed E-state index contributed by atoms with van der Waals surface area (Å²) in [4.78, 5) is 17.1. The number of thioether (sulfide) groups is 1. The first-order chi connectivity index (χ1) is 19.4. The molecule has 2 aliphatic heterocycles. The van der Waals surface area contributed by atoms with Crippen LogP contribution in [0.1, 0.15) is 16.7 Å². The number of ether oxygens (including phenoxy) is 4. The molecule has 0 fully saturated rings. The number of fused-ring (bicyclic) bond motifs is 1. The highest BCUT2D eigenvalue weighted by Gasteiger charge is 2.36. The molecule has 3 aromatic rings. The second-order valence-electron chi connectivity index (χ2n) is 8.67. The number of aryl methyl sites for hydroxylation is 1. The average Bonchev–Trinajstić information content (AvgIpc) is 3.38. The van der Waals surface area contributed by atoms with Crippen molar-refractivity contribution in [1.29, 1.82) is 5.41 Å². The third kappa shape index (κ3) is 5.85. The highest BCUT2D eigenvalue weighted by molar-refractivity contribution is 14.1. The normalized spacial score (nSPS) is 15.5. The number of amides is 1. The summed E-state index contributed by atoms with van der Waals surface area (Å²) >= 11 is 3.43. The van der Waals surface area contributed by atoms with Crippen molar-refractivity contribution in [2.45, 2.75) is 6.92 Å². The molecule has 9 nitrogen and oxygen atoms in total. The lowest BCUT2D eigenvalue weighted by Crippen LogP contribution is -2.35. The van der Waals surface area contributed by atoms with E-state index in [2.05, 4.69) is 32.7 Å². The minimum Gasteiger partial charge on any atom is -0.493 e. The van der Waals surface area contributed by atoms with Gasteiger partial charge >= 0.3 is 0 Å². The van der Waals surface area contributed by atoms with Gasteiger partial charge in [-0.3, -0.25) is 10.2 Å². The maximum atomic E-state index is 12.9. The summed E-state index contributed by atoms with van der Waals surface area (Å²) in [6, 6.07) is 18.9. The predicted molar refractivity (Wildman–Crippen MR) is 165 cm³/mol. The van der Waals surface area contributed by atoms with Crippen LogP contribution in [0.3, 0.4) is 0 Å². The van der Waals surface area contributed by atoms with Crippen molar-refractivity contribution < 1.29 is 23.7 Å². The maximum Gasteiger partial charge on any atom is 0.283 e. The molecule has 0 radical (unpaired) electrons. The molecule has 0 spiro atoms. The summed E-state index contributed by atoms with van der Waals surface area (Å²) < 4.78 is 23.4. The molecule has 1 N–H and O–H groups in total. The van der Waals surface area contributed by atoms with Crippen molar-refractivity contribution in [3.8, 4) is 23.0 Å². The van der Waals surface area contributed by atoms with Crippen LogP contribution in [-0.4, -0.2) is 54.4 Å². The fourth-order valence-corrected chi connectivity index (χ4v) is 5.65. The molecule has 0 aliphatic carbocycles. The van der Waals surface area contributed by atoms with Crippen LogP contribution < -0.4 is 18.9 Å². The Labute approximate surface area is 249 Å². The second kappa shape index (κ2) is 12.1. The van der Waals surface area contributed by atoms with E-state index in [1.54, 1.807) is 26.4 Å². The number of halogens is 1. The van der Waals surface area contributed by atoms with Crippen molar-refractivity contribution in [3.63, 3.8) is 0 Å². The van der Waals surface area contributed by atoms with Gasteiger partial charge in [-0.25, -0.2) is 0 Å². The van der Waals surface area contributed by atoms with Crippen LogP contribution in [0.4, 0.5) is 0 Å². The SMILES string of the molecule is COc1ccccc1OCCOc1c(I)cc(/C=C2/C(=N)N3N=C(c4ccc(C)cc4)SC3=NC2=O)cc1OC. The average molecular weight is 669 g/mol. The van der Waals surface area contributed by atoms with E-state index in [9.17, 15) is 4.79 Å². The number of hydrazone groups is 1. The Kier molecular flexibility index (Phi) is 8.40. The number of nitrogens with one attached hydrogen (secondary N) is 1. The molecule has 2 heterocycles. The fraction of sp³-hybridized carbons (Fsp3) is 0.172. The third-order valence-electron chi connectivity index (χ3n) is 5.97. The lowest BCUT2D eigenvalue weighted by molar-refractivity contribution is -0.114. The zero-order chi connectivity index (χ0) is 28.2. The Morgan fingerprint density at radius 2 is 1.68 bits per heavy atom. The van der Waals surface area contributed by atoms with Gasteiger partial charge in [-0.2, -0.15) is 15.1 Å². The Bertz CT molecular complexity index is 1570. The summed E-state index contributed by atoms with van der Waals surface area (Å²) in [5.74, 6) is 1.80. The number of amidine groups is 2. The predicted octanol–water partition coefficient (Wildman–Crippen LogP) is 5.74. The molecule has 0 unspecified atom stereocenters. The van der Waals surface area contributed by atoms with E-state index in [0.29, 0.717) is 45.4 Å². The number of methoxy groups -OCH3 is 2. The molecule has 1 amide bonds. The van der Waals surface area contributed by atoms with Gasteiger partial charge in [0.2, 0.25) is 5.17 Å². The first-order valence-corrected chi connectivity index (χ1v) is 14.1. The molecule has 0 saturated heterocycles. The van der Waals surface area contributed by atoms with Crippen molar-refractivity contribution in [1.82, 2.24) is 5.01 Å². The number of benzene rings is 3. The van der Waals surface area contributed by atoms with Crippen LogP contribution in [0.15, 0.2) is 76.3 Å². The number of carbonyl (C=O) groups excluding carboxylic acids is 1. The molecule has 0 bridgehead atoms. The number of carbonyl (C=O) groups is 1. The van der Waals surface area contributed by atoms with Gasteiger partial charge in [-0.1, -0.05) is 42.0 Å². The van der Waals surface area contributed by atoms with Gasteiger partial charge in [-0.15, -0.1) is 0 Å². The van der Waals surface area contributed by atoms with Crippen molar-refractivity contribution in [2.75, 3.05) is 27.4 Å². The Balaban J connectivity index is 1.31. The number of rotatable bonds is 9. The van der Waals surface area contributed by atoms with Gasteiger partial charge in [-0.05, 0) is 77.2 Å². The summed E-state index contributed by atoms with van der Waals surface area (Å²) in [7, 11) is 3.14. The lowest BCUT2D eigenvalue weighted by atomic mass is 10.1. The first kappa shape index (κ1) is 27.7. The van der Waals surface area contributed by atoms with E-state index in [1.807, 2.05) is 61.5 Å². The molecule has 11 heteroatoms. The Hall–Kier alpha value is -3.84. The van der Waals surface area contributed by atoms with Crippen molar-refractivity contribution in [2.24, 2.45) is 10.1 Å². The molecule has 40 heavy (non-hydrogen) atoms. The summed E-state index contributed by atoms with van der Waals surface area (Å²) in [6.45, 7) is 2.59. The first-order valence-electron chi connectivity index (χ1n) is 12.2. The quantitative estimate of drug-likeness (QED) is 0.176. The molecule has 0 atom stereocenters. The summed E-state index contributed by atoms with van der Waals surface area (Å²) in [5, 5.41) is 15.7. The molecular weight excluding hydrogens is 643 g/mol. The van der Waals surface area contributed by atoms with E-state index < -0.39 is 5.91 Å². The van der Waals surface area contributed by atoms with Crippen LogP contribution in [0, 0.1) is 15.9 Å². The largest absolute Gasteiger partial charge is 0.493 e. The lowest BCUT2D eigenvalue weighted by Gasteiger charge is -2.20.